The highest BCUT2D eigenvalue weighted by molar-refractivity contribution is 5.52. The van der Waals surface area contributed by atoms with E-state index in [9.17, 15) is 5.11 Å². The van der Waals surface area contributed by atoms with Gasteiger partial charge in [0.15, 0.2) is 0 Å². The molecule has 2 aromatic carbocycles. The van der Waals surface area contributed by atoms with Crippen molar-refractivity contribution >= 4 is 0 Å². The summed E-state index contributed by atoms with van der Waals surface area (Å²) in [7, 11) is 0. The molecule has 0 unspecified atom stereocenters. The van der Waals surface area contributed by atoms with Crippen molar-refractivity contribution in [2.45, 2.75) is 17.9 Å². The molecule has 0 aromatic heterocycles. The first-order chi connectivity index (χ1) is 9.83. The molecule has 1 fully saturated rings. The Bertz CT molecular complexity index is 624. The molecule has 2 heteroatoms. The lowest BCUT2D eigenvalue weighted by atomic mass is 9.58. The molecular weight excluding hydrogens is 246 g/mol. The van der Waals surface area contributed by atoms with Crippen molar-refractivity contribution in [3.05, 3.63) is 71.3 Å². The van der Waals surface area contributed by atoms with Gasteiger partial charge in [-0.1, -0.05) is 54.6 Å². The predicted octanol–water partition coefficient (Wildman–Crippen LogP) is 2.53. The number of rotatable bonds is 3. The zero-order valence-corrected chi connectivity index (χ0v) is 11.5. The zero-order valence-electron chi connectivity index (χ0n) is 11.5. The first-order valence-electron chi connectivity index (χ1n) is 7.30. The average molecular weight is 265 g/mol. The van der Waals surface area contributed by atoms with E-state index in [1.54, 1.807) is 0 Å². The molecule has 1 N–H and O–H groups in total. The van der Waals surface area contributed by atoms with Crippen LogP contribution in [0.25, 0.3) is 0 Å². The summed E-state index contributed by atoms with van der Waals surface area (Å²) in [5.74, 6) is 0.507. The highest BCUT2D eigenvalue weighted by Crippen LogP contribution is 2.55. The summed E-state index contributed by atoms with van der Waals surface area (Å²) in [4.78, 5) is 2.48. The summed E-state index contributed by atoms with van der Waals surface area (Å²) in [6.45, 7) is 3.28. The molecule has 1 heterocycles. The highest BCUT2D eigenvalue weighted by Gasteiger charge is 2.56. The third kappa shape index (κ3) is 1.58. The molecule has 0 bridgehead atoms. The van der Waals surface area contributed by atoms with Gasteiger partial charge in [0.05, 0.1) is 6.61 Å². The van der Waals surface area contributed by atoms with Crippen LogP contribution < -0.4 is 0 Å². The van der Waals surface area contributed by atoms with Crippen LogP contribution in [-0.2, 0) is 12.0 Å². The molecule has 0 spiro atoms. The summed E-state index contributed by atoms with van der Waals surface area (Å²) < 4.78 is 0. The predicted molar refractivity (Wildman–Crippen MR) is 79.7 cm³/mol. The van der Waals surface area contributed by atoms with E-state index < -0.39 is 0 Å². The van der Waals surface area contributed by atoms with Gasteiger partial charge in [0, 0.05) is 31.0 Å². The molecule has 1 aliphatic heterocycles. The van der Waals surface area contributed by atoms with Crippen LogP contribution in [0, 0.1) is 0 Å². The van der Waals surface area contributed by atoms with E-state index in [1.807, 2.05) is 0 Å². The first-order valence-corrected chi connectivity index (χ1v) is 7.30. The Kier molecular flexibility index (Phi) is 2.69. The third-order valence-electron chi connectivity index (χ3n) is 5.02. The van der Waals surface area contributed by atoms with E-state index in [0.717, 1.165) is 19.6 Å². The molecule has 0 saturated carbocycles. The summed E-state index contributed by atoms with van der Waals surface area (Å²) >= 11 is 0. The van der Waals surface area contributed by atoms with Gasteiger partial charge in [-0.2, -0.15) is 0 Å². The Hall–Kier alpha value is -1.64. The van der Waals surface area contributed by atoms with Crippen molar-refractivity contribution in [3.63, 3.8) is 0 Å². The number of aliphatic hydroxyl groups is 1. The van der Waals surface area contributed by atoms with E-state index in [-0.39, 0.29) is 12.0 Å². The molecule has 1 aliphatic carbocycles. The molecule has 20 heavy (non-hydrogen) atoms. The third-order valence-corrected chi connectivity index (χ3v) is 5.02. The number of likely N-dealkylation sites (tertiary alicyclic amines) is 1. The number of nitrogens with zero attached hydrogens (tertiary/aromatic N) is 1. The van der Waals surface area contributed by atoms with Crippen molar-refractivity contribution in [2.75, 3.05) is 19.7 Å². The number of hydrogen-bond donors (Lipinski definition) is 1. The fourth-order valence-electron chi connectivity index (χ4n) is 4.06. The molecule has 2 aliphatic rings. The molecule has 2 nitrogen and oxygen atoms in total. The van der Waals surface area contributed by atoms with Crippen molar-refractivity contribution < 1.29 is 5.11 Å². The van der Waals surface area contributed by atoms with Crippen molar-refractivity contribution in [3.8, 4) is 0 Å². The van der Waals surface area contributed by atoms with E-state index in [0.29, 0.717) is 5.92 Å². The Labute approximate surface area is 119 Å². The van der Waals surface area contributed by atoms with Crippen LogP contribution in [0.15, 0.2) is 54.6 Å². The Morgan fingerprint density at radius 2 is 1.80 bits per heavy atom. The van der Waals surface area contributed by atoms with Gasteiger partial charge in [-0.05, 0) is 16.7 Å². The van der Waals surface area contributed by atoms with Gasteiger partial charge in [-0.15, -0.1) is 0 Å². The summed E-state index contributed by atoms with van der Waals surface area (Å²) in [6, 6.07) is 19.2. The topological polar surface area (TPSA) is 23.5 Å². The smallest absolute Gasteiger partial charge is 0.0546 e. The molecule has 2 aromatic rings. The van der Waals surface area contributed by atoms with Crippen molar-refractivity contribution in [1.82, 2.24) is 4.90 Å². The molecular formula is C18H19NO. The van der Waals surface area contributed by atoms with Crippen LogP contribution in [0.3, 0.4) is 0 Å². The lowest BCUT2D eigenvalue weighted by Crippen LogP contribution is -2.46. The second kappa shape index (κ2) is 4.44. The van der Waals surface area contributed by atoms with Gasteiger partial charge in [0.2, 0.25) is 0 Å². The maximum absolute atomic E-state index is 9.95. The second-order valence-electron chi connectivity index (χ2n) is 6.11. The Morgan fingerprint density at radius 1 is 1.05 bits per heavy atom. The summed E-state index contributed by atoms with van der Waals surface area (Å²) in [5, 5.41) is 9.95. The van der Waals surface area contributed by atoms with E-state index in [2.05, 4.69) is 59.5 Å². The number of aliphatic hydroxyl groups excluding tert-OH is 1. The molecule has 2 atom stereocenters. The van der Waals surface area contributed by atoms with Gasteiger partial charge in [-0.3, -0.25) is 4.90 Å². The lowest BCUT2D eigenvalue weighted by Gasteiger charge is -2.45. The summed E-state index contributed by atoms with van der Waals surface area (Å²) in [6.07, 6.45) is 0. The standard InChI is InChI=1S/C18H19NO/c20-13-18-12-19(10-14-6-2-1-3-7-14)11-17(18)15-8-4-5-9-16(15)18/h1-9,17,20H,10-13H2/t17-,18-/m0/s1. The SMILES string of the molecule is OC[C@]12CN(Cc3ccccc3)C[C@H]1c1ccccc12. The Balaban J connectivity index is 1.59. The van der Waals surface area contributed by atoms with Crippen LogP contribution in [-0.4, -0.2) is 29.7 Å². The lowest BCUT2D eigenvalue weighted by molar-refractivity contribution is 0.162. The molecule has 4 rings (SSSR count). The number of benzene rings is 2. The normalized spacial score (nSPS) is 27.8. The van der Waals surface area contributed by atoms with Crippen LogP contribution in [0.5, 0.6) is 0 Å². The molecule has 0 radical (unpaired) electrons. The molecule has 102 valence electrons. The van der Waals surface area contributed by atoms with Crippen LogP contribution in [0.1, 0.15) is 22.6 Å². The fourth-order valence-corrected chi connectivity index (χ4v) is 4.06. The van der Waals surface area contributed by atoms with Crippen molar-refractivity contribution in [2.24, 2.45) is 0 Å². The van der Waals surface area contributed by atoms with Gasteiger partial charge < -0.3 is 5.11 Å². The first kappa shape index (κ1) is 12.1. The fraction of sp³-hybridized carbons (Fsp3) is 0.333. The maximum Gasteiger partial charge on any atom is 0.0546 e. The largest absolute Gasteiger partial charge is 0.395 e. The maximum atomic E-state index is 9.95. The van der Waals surface area contributed by atoms with Gasteiger partial charge in [-0.25, -0.2) is 0 Å². The average Bonchev–Trinajstić information content (AvgIpc) is 2.81. The van der Waals surface area contributed by atoms with E-state index >= 15 is 0 Å². The van der Waals surface area contributed by atoms with Crippen molar-refractivity contribution in [1.29, 1.82) is 0 Å². The monoisotopic (exact) mass is 265 g/mol. The summed E-state index contributed by atoms with van der Waals surface area (Å²) in [5.41, 5.74) is 4.15. The number of fused-ring (bicyclic) bond motifs is 4. The zero-order chi connectivity index (χ0) is 13.6. The molecule has 1 saturated heterocycles. The highest BCUT2D eigenvalue weighted by atomic mass is 16.3. The molecule has 0 amide bonds. The van der Waals surface area contributed by atoms with E-state index in [4.69, 9.17) is 0 Å². The minimum absolute atomic E-state index is 0.00856. The van der Waals surface area contributed by atoms with Gasteiger partial charge >= 0.3 is 0 Å². The quantitative estimate of drug-likeness (QED) is 0.922. The second-order valence-corrected chi connectivity index (χ2v) is 6.11. The van der Waals surface area contributed by atoms with Gasteiger partial charge in [0.25, 0.3) is 0 Å². The minimum Gasteiger partial charge on any atom is -0.395 e. The van der Waals surface area contributed by atoms with Crippen LogP contribution in [0.4, 0.5) is 0 Å². The van der Waals surface area contributed by atoms with E-state index in [1.165, 1.54) is 16.7 Å². The van der Waals surface area contributed by atoms with Gasteiger partial charge in [0.1, 0.15) is 0 Å². The Morgan fingerprint density at radius 3 is 2.60 bits per heavy atom. The number of hydrogen-bond acceptors (Lipinski definition) is 2. The van der Waals surface area contributed by atoms with Crippen LogP contribution >= 0.6 is 0 Å². The minimum atomic E-state index is -0.00856. The van der Waals surface area contributed by atoms with Crippen LogP contribution in [0.2, 0.25) is 0 Å².